The number of fused-ring (bicyclic) bond motifs is 3. The molecule has 4 aromatic rings. The predicted octanol–water partition coefficient (Wildman–Crippen LogP) is 3.73. The van der Waals surface area contributed by atoms with E-state index in [0.29, 0.717) is 29.0 Å². The van der Waals surface area contributed by atoms with E-state index >= 15 is 0 Å². The lowest BCUT2D eigenvalue weighted by atomic mass is 10.0. The fourth-order valence-corrected chi connectivity index (χ4v) is 4.18. The van der Waals surface area contributed by atoms with Gasteiger partial charge in [0.2, 0.25) is 17.6 Å². The summed E-state index contributed by atoms with van der Waals surface area (Å²) >= 11 is 0. The highest BCUT2D eigenvalue weighted by atomic mass is 16.5. The van der Waals surface area contributed by atoms with Gasteiger partial charge in [0, 0.05) is 40.7 Å². The number of ether oxygens (including phenoxy) is 2. The van der Waals surface area contributed by atoms with Crippen LogP contribution in [0.5, 0.6) is 11.8 Å². The number of aryl methyl sites for hydroxylation is 1. The minimum Gasteiger partial charge on any atom is -0.481 e. The summed E-state index contributed by atoms with van der Waals surface area (Å²) in [6.07, 6.45) is 1.00. The van der Waals surface area contributed by atoms with Crippen LogP contribution in [0.25, 0.3) is 33.7 Å². The molecule has 0 radical (unpaired) electrons. The number of rotatable bonds is 6. The van der Waals surface area contributed by atoms with Gasteiger partial charge in [-0.25, -0.2) is 0 Å². The van der Waals surface area contributed by atoms with E-state index in [1.54, 1.807) is 12.1 Å². The normalized spacial score (nSPS) is 15.2. The highest BCUT2D eigenvalue weighted by Crippen LogP contribution is 2.37. The van der Waals surface area contributed by atoms with Crippen LogP contribution in [0.3, 0.4) is 0 Å². The highest BCUT2D eigenvalue weighted by Gasteiger charge is 2.27. The Kier molecular flexibility index (Phi) is 4.58. The van der Waals surface area contributed by atoms with Crippen LogP contribution in [0.2, 0.25) is 0 Å². The minimum absolute atomic E-state index is 0.0418. The quantitative estimate of drug-likeness (QED) is 0.502. The van der Waals surface area contributed by atoms with E-state index in [9.17, 15) is 9.90 Å². The summed E-state index contributed by atoms with van der Waals surface area (Å²) in [4.78, 5) is 19.9. The molecular weight excluding hydrogens is 400 g/mol. The molecule has 9 heteroatoms. The second kappa shape index (κ2) is 7.42. The third-order valence-electron chi connectivity index (χ3n) is 5.63. The van der Waals surface area contributed by atoms with Crippen LogP contribution in [0.4, 0.5) is 0 Å². The Bertz CT molecular complexity index is 1290. The third-order valence-corrected chi connectivity index (χ3v) is 5.63. The third kappa shape index (κ3) is 3.27. The van der Waals surface area contributed by atoms with Crippen LogP contribution in [0.1, 0.15) is 24.5 Å². The highest BCUT2D eigenvalue weighted by molar-refractivity contribution is 5.86. The molecule has 0 fully saturated rings. The number of hydrogen-bond donors (Lipinski definition) is 1. The SMILES string of the molecule is COc1ccc(-c2nc(-c3ccc4c(c3)cc3n4CC[C@@H]3CC(=O)O)no2)c(OC)n1. The molecule has 0 saturated carbocycles. The molecule has 1 aliphatic rings. The molecule has 0 unspecified atom stereocenters. The van der Waals surface area contributed by atoms with Gasteiger partial charge in [-0.3, -0.25) is 4.79 Å². The molecule has 0 spiro atoms. The zero-order valence-electron chi connectivity index (χ0n) is 17.0. The standard InChI is InChI=1S/C22H20N4O5/c1-29-18-6-4-15(21(23-18)30-2)22-24-20(25-31-22)13-3-5-16-14(9-13)10-17-12(11-19(27)28)7-8-26(16)17/h3-6,9-10,12H,7-8,11H2,1-2H3,(H,27,28)/t12-/m1/s1. The van der Waals surface area contributed by atoms with Crippen LogP contribution in [0.15, 0.2) is 40.9 Å². The number of hydrogen-bond acceptors (Lipinski definition) is 7. The number of nitrogens with zero attached hydrogens (tertiary/aromatic N) is 4. The van der Waals surface area contributed by atoms with Crippen LogP contribution in [-0.4, -0.2) is 45.0 Å². The van der Waals surface area contributed by atoms with Gasteiger partial charge in [0.1, 0.15) is 5.56 Å². The molecular formula is C22H20N4O5. The smallest absolute Gasteiger partial charge is 0.304 e. The first-order chi connectivity index (χ1) is 15.1. The topological polar surface area (TPSA) is 113 Å². The molecule has 1 N–H and O–H groups in total. The van der Waals surface area contributed by atoms with E-state index in [0.717, 1.165) is 35.1 Å². The molecule has 1 aliphatic heterocycles. The molecule has 0 saturated heterocycles. The first kappa shape index (κ1) is 19.1. The van der Waals surface area contributed by atoms with Crippen molar-refractivity contribution in [3.63, 3.8) is 0 Å². The van der Waals surface area contributed by atoms with Crippen molar-refractivity contribution in [2.24, 2.45) is 0 Å². The summed E-state index contributed by atoms with van der Waals surface area (Å²) in [5.74, 6) is 0.769. The Morgan fingerprint density at radius 2 is 2.06 bits per heavy atom. The minimum atomic E-state index is -0.771. The predicted molar refractivity (Wildman–Crippen MR) is 111 cm³/mol. The lowest BCUT2D eigenvalue weighted by molar-refractivity contribution is -0.137. The van der Waals surface area contributed by atoms with Gasteiger partial charge < -0.3 is 23.7 Å². The Morgan fingerprint density at radius 3 is 2.84 bits per heavy atom. The number of benzene rings is 1. The van der Waals surface area contributed by atoms with E-state index in [4.69, 9.17) is 14.0 Å². The molecule has 9 nitrogen and oxygen atoms in total. The van der Waals surface area contributed by atoms with Crippen LogP contribution in [0, 0.1) is 0 Å². The van der Waals surface area contributed by atoms with Crippen molar-refractivity contribution >= 4 is 16.9 Å². The average Bonchev–Trinajstić information content (AvgIpc) is 3.49. The molecule has 0 amide bonds. The zero-order chi connectivity index (χ0) is 21.5. The fraction of sp³-hybridized carbons (Fsp3) is 0.273. The van der Waals surface area contributed by atoms with Crippen molar-refractivity contribution in [3.05, 3.63) is 42.1 Å². The lowest BCUT2D eigenvalue weighted by Crippen LogP contribution is -2.02. The number of aliphatic carboxylic acids is 1. The van der Waals surface area contributed by atoms with E-state index in [2.05, 4.69) is 25.8 Å². The molecule has 0 bridgehead atoms. The number of methoxy groups -OCH3 is 2. The number of carboxylic acids is 1. The fourth-order valence-electron chi connectivity index (χ4n) is 4.18. The monoisotopic (exact) mass is 420 g/mol. The maximum Gasteiger partial charge on any atom is 0.304 e. The molecule has 3 aromatic heterocycles. The van der Waals surface area contributed by atoms with E-state index in [1.807, 2.05) is 18.2 Å². The Balaban J connectivity index is 1.49. The molecule has 1 aromatic carbocycles. The first-order valence-electron chi connectivity index (χ1n) is 9.86. The number of carbonyl (C=O) groups is 1. The molecule has 4 heterocycles. The van der Waals surface area contributed by atoms with Crippen molar-refractivity contribution in [2.75, 3.05) is 14.2 Å². The summed E-state index contributed by atoms with van der Waals surface area (Å²) in [6, 6.07) is 11.5. The van der Waals surface area contributed by atoms with Gasteiger partial charge in [-0.15, -0.1) is 0 Å². The molecule has 158 valence electrons. The van der Waals surface area contributed by atoms with Gasteiger partial charge in [0.15, 0.2) is 0 Å². The number of aromatic nitrogens is 4. The van der Waals surface area contributed by atoms with Gasteiger partial charge in [0.05, 0.1) is 20.6 Å². The molecule has 31 heavy (non-hydrogen) atoms. The second-order valence-corrected chi connectivity index (χ2v) is 7.41. The zero-order valence-corrected chi connectivity index (χ0v) is 17.0. The molecule has 0 aliphatic carbocycles. The van der Waals surface area contributed by atoms with Crippen LogP contribution in [-0.2, 0) is 11.3 Å². The molecule has 5 rings (SSSR count). The Morgan fingerprint density at radius 1 is 1.19 bits per heavy atom. The average molecular weight is 420 g/mol. The lowest BCUT2D eigenvalue weighted by Gasteiger charge is -2.05. The van der Waals surface area contributed by atoms with E-state index in [1.165, 1.54) is 14.2 Å². The maximum atomic E-state index is 11.2. The Hall–Kier alpha value is -3.88. The summed E-state index contributed by atoms with van der Waals surface area (Å²) in [7, 11) is 3.05. The van der Waals surface area contributed by atoms with Crippen LogP contribution < -0.4 is 9.47 Å². The molecule has 1 atom stereocenters. The van der Waals surface area contributed by atoms with Crippen molar-refractivity contribution in [1.82, 2.24) is 19.7 Å². The van der Waals surface area contributed by atoms with Gasteiger partial charge in [-0.2, -0.15) is 9.97 Å². The maximum absolute atomic E-state index is 11.2. The van der Waals surface area contributed by atoms with Gasteiger partial charge in [0.25, 0.3) is 5.89 Å². The van der Waals surface area contributed by atoms with Gasteiger partial charge in [-0.1, -0.05) is 5.16 Å². The second-order valence-electron chi connectivity index (χ2n) is 7.41. The number of pyridine rings is 1. The van der Waals surface area contributed by atoms with Crippen molar-refractivity contribution in [1.29, 1.82) is 0 Å². The van der Waals surface area contributed by atoms with E-state index in [-0.39, 0.29) is 12.3 Å². The summed E-state index contributed by atoms with van der Waals surface area (Å²) in [5.41, 5.74) is 3.53. The summed E-state index contributed by atoms with van der Waals surface area (Å²) in [5, 5.41) is 14.3. The number of carboxylic acid groups (broad SMARTS) is 1. The van der Waals surface area contributed by atoms with Gasteiger partial charge >= 0.3 is 5.97 Å². The first-order valence-corrected chi connectivity index (χ1v) is 9.86. The van der Waals surface area contributed by atoms with Crippen molar-refractivity contribution in [3.8, 4) is 34.6 Å². The van der Waals surface area contributed by atoms with Gasteiger partial charge in [-0.05, 0) is 36.8 Å². The Labute approximate surface area is 177 Å². The van der Waals surface area contributed by atoms with Crippen LogP contribution >= 0.6 is 0 Å². The van der Waals surface area contributed by atoms with Crippen molar-refractivity contribution in [2.45, 2.75) is 25.3 Å². The summed E-state index contributed by atoms with van der Waals surface area (Å²) in [6.45, 7) is 0.826. The summed E-state index contributed by atoms with van der Waals surface area (Å²) < 4.78 is 18.1. The van der Waals surface area contributed by atoms with Crippen molar-refractivity contribution < 1.29 is 23.9 Å². The van der Waals surface area contributed by atoms with E-state index < -0.39 is 5.97 Å². The largest absolute Gasteiger partial charge is 0.481 e.